The molecule has 114 valence electrons. The number of rotatable bonds is 7. The highest BCUT2D eigenvalue weighted by molar-refractivity contribution is 5.91. The molecule has 0 aliphatic carbocycles. The molecule has 4 nitrogen and oxygen atoms in total. The molecule has 0 fully saturated rings. The lowest BCUT2D eigenvalue weighted by atomic mass is 10.1. The number of nitrogens with zero attached hydrogens (tertiary/aromatic N) is 1. The highest BCUT2D eigenvalue weighted by Crippen LogP contribution is 2.10. The Labute approximate surface area is 130 Å². The minimum atomic E-state index is -0.142. The Balaban J connectivity index is 1.90. The molecule has 0 aliphatic rings. The predicted molar refractivity (Wildman–Crippen MR) is 86.9 cm³/mol. The van der Waals surface area contributed by atoms with Gasteiger partial charge in [-0.1, -0.05) is 30.3 Å². The third kappa shape index (κ3) is 5.14. The lowest BCUT2D eigenvalue weighted by Gasteiger charge is -2.09. The molecule has 0 saturated carbocycles. The molecule has 4 heteroatoms. The molecule has 0 atom stereocenters. The Bertz CT molecular complexity index is 624. The summed E-state index contributed by atoms with van der Waals surface area (Å²) in [6.07, 6.45) is 4.89. The van der Waals surface area contributed by atoms with Crippen LogP contribution in [0.2, 0.25) is 0 Å². The first-order valence-electron chi connectivity index (χ1n) is 7.31. The zero-order valence-corrected chi connectivity index (χ0v) is 12.7. The fourth-order valence-electron chi connectivity index (χ4n) is 1.96. The Morgan fingerprint density at radius 3 is 2.68 bits per heavy atom. The van der Waals surface area contributed by atoms with E-state index in [1.54, 1.807) is 12.3 Å². The van der Waals surface area contributed by atoms with E-state index in [1.807, 2.05) is 49.4 Å². The van der Waals surface area contributed by atoms with Crippen molar-refractivity contribution in [2.75, 3.05) is 6.61 Å². The van der Waals surface area contributed by atoms with Gasteiger partial charge in [0.15, 0.2) is 0 Å². The molecule has 0 saturated heterocycles. The van der Waals surface area contributed by atoms with E-state index >= 15 is 0 Å². The quantitative estimate of drug-likeness (QED) is 0.799. The van der Waals surface area contributed by atoms with Gasteiger partial charge in [0, 0.05) is 25.4 Å². The fourth-order valence-corrected chi connectivity index (χ4v) is 1.96. The fraction of sp³-hybridized carbons (Fsp3) is 0.222. The lowest BCUT2D eigenvalue weighted by Crippen LogP contribution is -2.21. The minimum absolute atomic E-state index is 0.142. The molecule has 1 heterocycles. The SMILES string of the molecule is CCOCc1ccccc1CNC(=O)/C=C/c1ccccn1. The number of ether oxygens (including phenoxy) is 1. The zero-order chi connectivity index (χ0) is 15.6. The first-order chi connectivity index (χ1) is 10.8. The Hall–Kier alpha value is -2.46. The van der Waals surface area contributed by atoms with Gasteiger partial charge in [0.05, 0.1) is 12.3 Å². The van der Waals surface area contributed by atoms with Crippen molar-refractivity contribution in [1.82, 2.24) is 10.3 Å². The normalized spacial score (nSPS) is 10.8. The minimum Gasteiger partial charge on any atom is -0.377 e. The predicted octanol–water partition coefficient (Wildman–Crippen LogP) is 2.95. The van der Waals surface area contributed by atoms with Gasteiger partial charge in [-0.15, -0.1) is 0 Å². The van der Waals surface area contributed by atoms with Crippen LogP contribution in [-0.2, 0) is 22.7 Å². The maximum atomic E-state index is 11.9. The Kier molecular flexibility index (Phi) is 6.33. The molecule has 0 spiro atoms. The monoisotopic (exact) mass is 296 g/mol. The van der Waals surface area contributed by atoms with Crippen molar-refractivity contribution >= 4 is 12.0 Å². The van der Waals surface area contributed by atoms with E-state index in [-0.39, 0.29) is 5.91 Å². The highest BCUT2D eigenvalue weighted by Gasteiger charge is 2.03. The van der Waals surface area contributed by atoms with Crippen LogP contribution in [-0.4, -0.2) is 17.5 Å². The zero-order valence-electron chi connectivity index (χ0n) is 12.7. The van der Waals surface area contributed by atoms with Crippen molar-refractivity contribution in [2.45, 2.75) is 20.1 Å². The average Bonchev–Trinajstić information content (AvgIpc) is 2.58. The van der Waals surface area contributed by atoms with Crippen LogP contribution in [0.4, 0.5) is 0 Å². The number of hydrogen-bond acceptors (Lipinski definition) is 3. The van der Waals surface area contributed by atoms with Crippen LogP contribution in [0, 0.1) is 0 Å². The molecule has 1 N–H and O–H groups in total. The summed E-state index contributed by atoms with van der Waals surface area (Å²) >= 11 is 0. The van der Waals surface area contributed by atoms with Gasteiger partial charge >= 0.3 is 0 Å². The lowest BCUT2D eigenvalue weighted by molar-refractivity contribution is -0.116. The largest absolute Gasteiger partial charge is 0.377 e. The number of benzene rings is 1. The molecule has 22 heavy (non-hydrogen) atoms. The second-order valence-electron chi connectivity index (χ2n) is 4.71. The number of amides is 1. The first kappa shape index (κ1) is 15.9. The van der Waals surface area contributed by atoms with Crippen molar-refractivity contribution in [3.05, 3.63) is 71.6 Å². The first-order valence-corrected chi connectivity index (χ1v) is 7.31. The van der Waals surface area contributed by atoms with Gasteiger partial charge in [0.2, 0.25) is 5.91 Å². The second kappa shape index (κ2) is 8.74. The van der Waals surface area contributed by atoms with Gasteiger partial charge in [-0.05, 0) is 36.3 Å². The summed E-state index contributed by atoms with van der Waals surface area (Å²) in [5, 5.41) is 2.88. The summed E-state index contributed by atoms with van der Waals surface area (Å²) in [5.41, 5.74) is 2.92. The Morgan fingerprint density at radius 1 is 1.18 bits per heavy atom. The molecule has 0 unspecified atom stereocenters. The van der Waals surface area contributed by atoms with Crippen LogP contribution in [0.3, 0.4) is 0 Å². The number of carbonyl (C=O) groups is 1. The molecule has 1 amide bonds. The summed E-state index contributed by atoms with van der Waals surface area (Å²) in [7, 11) is 0. The van der Waals surface area contributed by atoms with Gasteiger partial charge in [-0.2, -0.15) is 0 Å². The third-order valence-electron chi connectivity index (χ3n) is 3.13. The van der Waals surface area contributed by atoms with Gasteiger partial charge in [0.1, 0.15) is 0 Å². The smallest absolute Gasteiger partial charge is 0.244 e. The van der Waals surface area contributed by atoms with Crippen LogP contribution in [0.1, 0.15) is 23.7 Å². The molecule has 0 aliphatic heterocycles. The highest BCUT2D eigenvalue weighted by atomic mass is 16.5. The van der Waals surface area contributed by atoms with E-state index in [1.165, 1.54) is 6.08 Å². The van der Waals surface area contributed by atoms with Crippen molar-refractivity contribution in [2.24, 2.45) is 0 Å². The maximum Gasteiger partial charge on any atom is 0.244 e. The molecular weight excluding hydrogens is 276 g/mol. The second-order valence-corrected chi connectivity index (χ2v) is 4.71. The van der Waals surface area contributed by atoms with Crippen LogP contribution in [0.25, 0.3) is 6.08 Å². The van der Waals surface area contributed by atoms with E-state index in [9.17, 15) is 4.79 Å². The third-order valence-corrected chi connectivity index (χ3v) is 3.13. The van der Waals surface area contributed by atoms with Crippen molar-refractivity contribution in [3.63, 3.8) is 0 Å². The summed E-state index contributed by atoms with van der Waals surface area (Å²) in [4.78, 5) is 16.0. The number of carbonyl (C=O) groups excluding carboxylic acids is 1. The number of nitrogens with one attached hydrogen (secondary N) is 1. The van der Waals surface area contributed by atoms with E-state index in [0.717, 1.165) is 16.8 Å². The number of hydrogen-bond donors (Lipinski definition) is 1. The average molecular weight is 296 g/mol. The van der Waals surface area contributed by atoms with Crippen LogP contribution in [0.15, 0.2) is 54.7 Å². The number of aromatic nitrogens is 1. The summed E-state index contributed by atoms with van der Waals surface area (Å²) < 4.78 is 5.44. The Morgan fingerprint density at radius 2 is 1.95 bits per heavy atom. The topological polar surface area (TPSA) is 51.2 Å². The van der Waals surface area contributed by atoms with Crippen molar-refractivity contribution in [1.29, 1.82) is 0 Å². The van der Waals surface area contributed by atoms with E-state index in [2.05, 4.69) is 10.3 Å². The van der Waals surface area contributed by atoms with Crippen LogP contribution >= 0.6 is 0 Å². The van der Waals surface area contributed by atoms with Crippen molar-refractivity contribution in [3.8, 4) is 0 Å². The van der Waals surface area contributed by atoms with Crippen LogP contribution in [0.5, 0.6) is 0 Å². The summed E-state index contributed by atoms with van der Waals surface area (Å²) in [6.45, 7) is 3.68. The number of pyridine rings is 1. The molecule has 1 aromatic heterocycles. The van der Waals surface area contributed by atoms with Gasteiger partial charge in [-0.3, -0.25) is 9.78 Å². The van der Waals surface area contributed by atoms with E-state index in [0.29, 0.717) is 19.8 Å². The molecular formula is C18H20N2O2. The molecule has 0 bridgehead atoms. The molecule has 2 rings (SSSR count). The summed E-state index contributed by atoms with van der Waals surface area (Å²) in [6, 6.07) is 13.5. The van der Waals surface area contributed by atoms with Gasteiger partial charge < -0.3 is 10.1 Å². The maximum absolute atomic E-state index is 11.9. The van der Waals surface area contributed by atoms with Gasteiger partial charge in [-0.25, -0.2) is 0 Å². The van der Waals surface area contributed by atoms with E-state index in [4.69, 9.17) is 4.74 Å². The van der Waals surface area contributed by atoms with E-state index < -0.39 is 0 Å². The van der Waals surface area contributed by atoms with Gasteiger partial charge in [0.25, 0.3) is 0 Å². The summed E-state index contributed by atoms with van der Waals surface area (Å²) in [5.74, 6) is -0.142. The standard InChI is InChI=1S/C18H20N2O2/c1-2-22-14-16-8-4-3-7-15(16)13-20-18(21)11-10-17-9-5-6-12-19-17/h3-12H,2,13-14H2,1H3,(H,20,21)/b11-10+. The molecule has 2 aromatic rings. The molecule has 0 radical (unpaired) electrons. The van der Waals surface area contributed by atoms with Crippen LogP contribution < -0.4 is 5.32 Å². The molecule has 1 aromatic carbocycles. The van der Waals surface area contributed by atoms with Crippen molar-refractivity contribution < 1.29 is 9.53 Å².